The zero-order valence-electron chi connectivity index (χ0n) is 45.0. The van der Waals surface area contributed by atoms with Crippen LogP contribution < -0.4 is 0 Å². The van der Waals surface area contributed by atoms with Gasteiger partial charge in [0, 0.05) is 115 Å². The van der Waals surface area contributed by atoms with Crippen molar-refractivity contribution in [3.8, 4) is 55.9 Å². The van der Waals surface area contributed by atoms with E-state index in [0.717, 1.165) is 28.0 Å². The van der Waals surface area contributed by atoms with Crippen molar-refractivity contribution < 1.29 is 0 Å². The molecule has 84 heavy (non-hydrogen) atoms. The van der Waals surface area contributed by atoms with Crippen molar-refractivity contribution in [2.24, 2.45) is 0 Å². The summed E-state index contributed by atoms with van der Waals surface area (Å²) >= 11 is 5.67. The maximum Gasteiger partial charge on any atom is 0.0541 e. The van der Waals surface area contributed by atoms with Crippen LogP contribution in [0.3, 0.4) is 0 Å². The van der Waals surface area contributed by atoms with E-state index in [1.807, 2.05) is 34.0 Å². The molecule has 19 aromatic rings. The summed E-state index contributed by atoms with van der Waals surface area (Å²) < 4.78 is 12.9. The molecule has 0 radical (unpaired) electrons. The molecule has 3 nitrogen and oxygen atoms in total. The molecule has 19 rings (SSSR count). The number of hydrogen-bond donors (Lipinski definition) is 1. The third kappa shape index (κ3) is 6.78. The van der Waals surface area contributed by atoms with Crippen LogP contribution in [0.1, 0.15) is 0 Å². The van der Waals surface area contributed by atoms with Gasteiger partial charge in [0.2, 0.25) is 0 Å². The molecule has 13 aromatic carbocycles. The second kappa shape index (κ2) is 17.7. The summed E-state index contributed by atoms with van der Waals surface area (Å²) in [6.45, 7) is 0. The minimum Gasteiger partial charge on any atom is -0.355 e. The number of aromatic amines is 1. The molecule has 0 saturated heterocycles. The second-order valence-electron chi connectivity index (χ2n) is 22.4. The molecule has 0 bridgehead atoms. The van der Waals surface area contributed by atoms with Gasteiger partial charge in [-0.15, -0.1) is 34.0 Å². The van der Waals surface area contributed by atoms with Gasteiger partial charge in [-0.2, -0.15) is 0 Å². The normalized spacial score (nSPS) is 12.3. The number of nitrogens with zero attached hydrogens (tertiary/aromatic N) is 2. The molecule has 0 atom stereocenters. The van der Waals surface area contributed by atoms with E-state index in [1.54, 1.807) is 0 Å². The first-order chi connectivity index (χ1) is 41.6. The molecule has 390 valence electrons. The van der Waals surface area contributed by atoms with E-state index in [4.69, 9.17) is 0 Å². The van der Waals surface area contributed by atoms with Crippen LogP contribution in [-0.2, 0) is 0 Å². The largest absolute Gasteiger partial charge is 0.355 e. The highest BCUT2D eigenvalue weighted by Gasteiger charge is 2.22. The SMILES string of the molecule is c1ccc2c(c1)[nH]c1ccc(-c3cccc4c3sc3ccc(-c5cc(-n6c7ccccc7c7cc(-c8cccc9c8sc8ccccc89)ccc76)cc(-n6c7ccccc7c7cc(-c8cccc9c8sc8ccccc89)ccc76)c5)cc34)cc12. The van der Waals surface area contributed by atoms with Crippen LogP contribution in [0.2, 0.25) is 0 Å². The fraction of sp³-hybridized carbons (Fsp3) is 0. The van der Waals surface area contributed by atoms with Gasteiger partial charge < -0.3 is 14.1 Å². The highest BCUT2D eigenvalue weighted by atomic mass is 32.1. The molecule has 6 aromatic heterocycles. The van der Waals surface area contributed by atoms with Crippen molar-refractivity contribution >= 4 is 160 Å². The predicted molar refractivity (Wildman–Crippen MR) is 365 cm³/mol. The summed E-state index contributed by atoms with van der Waals surface area (Å²) in [6, 6.07) is 100. The molecular weight excluding hydrogens is 1080 g/mol. The van der Waals surface area contributed by atoms with E-state index in [0.29, 0.717) is 0 Å². The van der Waals surface area contributed by atoms with Gasteiger partial charge in [-0.05, 0) is 142 Å². The van der Waals surface area contributed by atoms with Gasteiger partial charge >= 0.3 is 0 Å². The molecule has 0 aliphatic rings. The van der Waals surface area contributed by atoms with E-state index in [-0.39, 0.29) is 0 Å². The van der Waals surface area contributed by atoms with Crippen molar-refractivity contribution in [3.63, 3.8) is 0 Å². The smallest absolute Gasteiger partial charge is 0.0541 e. The first kappa shape index (κ1) is 46.5. The Hall–Kier alpha value is -10.1. The summed E-state index contributed by atoms with van der Waals surface area (Å²) in [5.41, 5.74) is 19.0. The molecular formula is C78H45N3S3. The Balaban J connectivity index is 0.827. The summed E-state index contributed by atoms with van der Waals surface area (Å²) in [5.74, 6) is 0. The van der Waals surface area contributed by atoms with Crippen LogP contribution in [-0.4, -0.2) is 14.1 Å². The lowest BCUT2D eigenvalue weighted by Crippen LogP contribution is -2.00. The Kier molecular flexibility index (Phi) is 9.81. The fourth-order valence-electron chi connectivity index (χ4n) is 14.0. The topological polar surface area (TPSA) is 25.6 Å². The number of thiophene rings is 3. The standard InChI is InChI=1S/C78H45N3S3/c1-6-25-67-55(14-1)63-41-46(30-34-68(63)79-67)52-21-13-24-62-66-40-45(33-37-75(66)84-78(52)62)49-38-50(80-69-26-7-2-15-56(69)64-42-47(31-35-71(64)80)53-19-11-22-60-58-17-4-9-28-73(58)82-76(53)60)44-51(39-49)81-70-27-8-3-16-57(70)65-43-48(32-36-72(65)81)54-20-12-23-61-59-18-5-10-29-74(59)83-77(54)61/h1-44,79H. The second-order valence-corrected chi connectivity index (χ2v) is 25.6. The van der Waals surface area contributed by atoms with Crippen molar-refractivity contribution in [1.82, 2.24) is 14.1 Å². The Bertz CT molecular complexity index is 5760. The molecule has 0 fully saturated rings. The van der Waals surface area contributed by atoms with E-state index < -0.39 is 0 Å². The average molecular weight is 1120 g/mol. The molecule has 0 unspecified atom stereocenters. The maximum atomic E-state index is 3.63. The van der Waals surface area contributed by atoms with E-state index in [9.17, 15) is 0 Å². The van der Waals surface area contributed by atoms with E-state index >= 15 is 0 Å². The van der Waals surface area contributed by atoms with Gasteiger partial charge in [0.05, 0.1) is 22.1 Å². The van der Waals surface area contributed by atoms with Crippen molar-refractivity contribution in [1.29, 1.82) is 0 Å². The summed E-state index contributed by atoms with van der Waals surface area (Å²) in [4.78, 5) is 3.63. The van der Waals surface area contributed by atoms with Gasteiger partial charge in [-0.1, -0.05) is 170 Å². The molecule has 0 aliphatic carbocycles. The van der Waals surface area contributed by atoms with Crippen molar-refractivity contribution in [3.05, 3.63) is 267 Å². The first-order valence-electron chi connectivity index (χ1n) is 28.6. The third-order valence-corrected chi connectivity index (χ3v) is 21.5. The lowest BCUT2D eigenvalue weighted by atomic mass is 9.98. The van der Waals surface area contributed by atoms with E-state index in [1.165, 1.54) is 154 Å². The van der Waals surface area contributed by atoms with Gasteiger partial charge in [0.1, 0.15) is 0 Å². The zero-order chi connectivity index (χ0) is 54.7. The number of aromatic nitrogens is 3. The monoisotopic (exact) mass is 1120 g/mol. The third-order valence-electron chi connectivity index (χ3n) is 17.8. The lowest BCUT2D eigenvalue weighted by molar-refractivity contribution is 1.13. The Morgan fingerprint density at radius 2 is 0.619 bits per heavy atom. The summed E-state index contributed by atoms with van der Waals surface area (Å²) in [5, 5.41) is 15.2. The van der Waals surface area contributed by atoms with Crippen LogP contribution in [0.4, 0.5) is 0 Å². The minimum absolute atomic E-state index is 1.11. The zero-order valence-corrected chi connectivity index (χ0v) is 47.5. The van der Waals surface area contributed by atoms with Crippen molar-refractivity contribution in [2.45, 2.75) is 0 Å². The van der Waals surface area contributed by atoms with Gasteiger partial charge in [0.25, 0.3) is 0 Å². The van der Waals surface area contributed by atoms with Gasteiger partial charge in [-0.25, -0.2) is 0 Å². The number of benzene rings is 13. The van der Waals surface area contributed by atoms with Crippen LogP contribution in [0.15, 0.2) is 267 Å². The Morgan fingerprint density at radius 3 is 1.18 bits per heavy atom. The molecule has 0 saturated carbocycles. The lowest BCUT2D eigenvalue weighted by Gasteiger charge is -2.16. The number of H-pyrrole nitrogens is 1. The highest BCUT2D eigenvalue weighted by molar-refractivity contribution is 7.27. The maximum absolute atomic E-state index is 3.63. The minimum atomic E-state index is 1.11. The number of fused-ring (bicyclic) bond motifs is 18. The molecule has 1 N–H and O–H groups in total. The number of para-hydroxylation sites is 3. The van der Waals surface area contributed by atoms with Crippen LogP contribution >= 0.6 is 34.0 Å². The Labute approximate surface area is 493 Å². The Morgan fingerprint density at radius 1 is 0.226 bits per heavy atom. The highest BCUT2D eigenvalue weighted by Crippen LogP contribution is 2.47. The van der Waals surface area contributed by atoms with Crippen LogP contribution in [0, 0.1) is 0 Å². The molecule has 6 heteroatoms. The number of hydrogen-bond acceptors (Lipinski definition) is 3. The number of nitrogens with one attached hydrogen (secondary N) is 1. The van der Waals surface area contributed by atoms with Gasteiger partial charge in [0.15, 0.2) is 0 Å². The first-order valence-corrected chi connectivity index (χ1v) is 31.1. The van der Waals surface area contributed by atoms with E-state index in [2.05, 4.69) is 281 Å². The summed E-state index contributed by atoms with van der Waals surface area (Å²) in [6.07, 6.45) is 0. The van der Waals surface area contributed by atoms with Gasteiger partial charge in [-0.3, -0.25) is 0 Å². The van der Waals surface area contributed by atoms with Crippen LogP contribution in [0.5, 0.6) is 0 Å². The number of rotatable bonds is 6. The summed E-state index contributed by atoms with van der Waals surface area (Å²) in [7, 11) is 0. The molecule has 0 spiro atoms. The van der Waals surface area contributed by atoms with Crippen molar-refractivity contribution in [2.75, 3.05) is 0 Å². The predicted octanol–water partition coefficient (Wildman–Crippen LogP) is 23.3. The molecule has 0 aliphatic heterocycles. The molecule has 6 heterocycles. The van der Waals surface area contributed by atoms with Crippen LogP contribution in [0.25, 0.3) is 182 Å². The molecule has 0 amide bonds. The average Bonchev–Trinajstić information content (AvgIpc) is 3.12. The fourth-order valence-corrected chi connectivity index (χ4v) is 17.7. The quantitative estimate of drug-likeness (QED) is 0.172.